The SMILES string of the molecule is CCC(C)(C)[C@H](NC(=O)NC(C)(C)C)C(=O)N1CC2C([C@H]1C(=O)NC(C(=O)C(N)=O)C1CCC1)C2(C)C. The predicted molar refractivity (Wildman–Crippen MR) is 139 cm³/mol. The van der Waals surface area contributed by atoms with Gasteiger partial charge in [0.25, 0.3) is 5.91 Å². The van der Waals surface area contributed by atoms with E-state index >= 15 is 0 Å². The van der Waals surface area contributed by atoms with Crippen molar-refractivity contribution in [2.45, 2.75) is 105 Å². The Labute approximate surface area is 220 Å². The summed E-state index contributed by atoms with van der Waals surface area (Å²) in [6, 6.07) is -3.07. The molecule has 0 spiro atoms. The van der Waals surface area contributed by atoms with Crippen molar-refractivity contribution in [3.63, 3.8) is 0 Å². The molecule has 2 saturated carbocycles. The van der Waals surface area contributed by atoms with Gasteiger partial charge >= 0.3 is 6.03 Å². The van der Waals surface area contributed by atoms with Gasteiger partial charge in [0.1, 0.15) is 18.1 Å². The zero-order valence-electron chi connectivity index (χ0n) is 23.6. The monoisotopic (exact) mass is 519 g/mol. The molecule has 37 heavy (non-hydrogen) atoms. The van der Waals surface area contributed by atoms with E-state index in [4.69, 9.17) is 5.73 Å². The highest BCUT2D eigenvalue weighted by Crippen LogP contribution is 2.65. The minimum atomic E-state index is -1.07. The average Bonchev–Trinajstić information content (AvgIpc) is 3.08. The number of fused-ring (bicyclic) bond motifs is 1. The number of primary amides is 1. The minimum absolute atomic E-state index is 0.0732. The molecule has 0 aromatic heterocycles. The van der Waals surface area contributed by atoms with Crippen molar-refractivity contribution in [2.75, 3.05) is 6.54 Å². The van der Waals surface area contributed by atoms with Gasteiger partial charge in [-0.3, -0.25) is 19.2 Å². The van der Waals surface area contributed by atoms with E-state index in [1.165, 1.54) is 0 Å². The second-order valence-electron chi connectivity index (χ2n) is 13.4. The Bertz CT molecular complexity index is 965. The Kier molecular flexibility index (Phi) is 7.74. The molecular weight excluding hydrogens is 474 g/mol. The molecule has 0 aromatic rings. The summed E-state index contributed by atoms with van der Waals surface area (Å²) in [5, 5.41) is 8.52. The molecule has 1 saturated heterocycles. The fourth-order valence-electron chi connectivity index (χ4n) is 5.84. The molecule has 3 fully saturated rings. The summed E-state index contributed by atoms with van der Waals surface area (Å²) in [7, 11) is 0. The molecule has 0 aromatic carbocycles. The van der Waals surface area contributed by atoms with Crippen LogP contribution in [-0.2, 0) is 19.2 Å². The highest BCUT2D eigenvalue weighted by Gasteiger charge is 2.70. The molecule has 3 rings (SSSR count). The van der Waals surface area contributed by atoms with E-state index in [1.54, 1.807) is 4.90 Å². The number of nitrogens with two attached hydrogens (primary N) is 1. The molecule has 5 atom stereocenters. The fourth-order valence-corrected chi connectivity index (χ4v) is 5.84. The minimum Gasteiger partial charge on any atom is -0.363 e. The number of nitrogens with one attached hydrogen (secondary N) is 3. The molecule has 0 radical (unpaired) electrons. The molecule has 3 aliphatic rings. The number of likely N-dealkylation sites (tertiary alicyclic amines) is 1. The Morgan fingerprint density at radius 2 is 1.62 bits per heavy atom. The summed E-state index contributed by atoms with van der Waals surface area (Å²) < 4.78 is 0. The van der Waals surface area contributed by atoms with Crippen LogP contribution < -0.4 is 21.7 Å². The molecule has 5 amide bonds. The Hall–Kier alpha value is -2.65. The number of Topliss-reactive ketones (excluding diaryl/α,β-unsaturated/α-hetero) is 1. The number of amides is 5. The van der Waals surface area contributed by atoms with Gasteiger partial charge in [0, 0.05) is 12.1 Å². The maximum atomic E-state index is 14.0. The van der Waals surface area contributed by atoms with Crippen molar-refractivity contribution in [3.05, 3.63) is 0 Å². The number of urea groups is 1. The number of hydrogen-bond donors (Lipinski definition) is 4. The van der Waals surface area contributed by atoms with E-state index in [0.717, 1.165) is 19.3 Å². The normalized spacial score (nSPS) is 26.3. The summed E-state index contributed by atoms with van der Waals surface area (Å²) >= 11 is 0. The molecule has 10 heteroatoms. The number of ketones is 1. The standard InChI is InChI=1S/C27H45N5O5/c1-9-26(5,6)20(30-24(37)31-25(2,3)4)23(36)32-13-15-16(27(15,7)8)18(32)22(35)29-17(14-11-10-12-14)19(33)21(28)34/h14-18,20H,9-13H2,1-8H3,(H2,28,34)(H,29,35)(H2,30,31,37)/t15?,16?,17?,18-,20+/m0/s1. The smallest absolute Gasteiger partial charge is 0.315 e. The van der Waals surface area contributed by atoms with Crippen LogP contribution >= 0.6 is 0 Å². The van der Waals surface area contributed by atoms with Gasteiger partial charge in [-0.15, -0.1) is 0 Å². The summed E-state index contributed by atoms with van der Waals surface area (Å²) in [5.41, 5.74) is 4.08. The number of carbonyl (C=O) groups is 5. The molecule has 208 valence electrons. The molecule has 3 unspecified atom stereocenters. The van der Waals surface area contributed by atoms with Crippen molar-refractivity contribution in [2.24, 2.45) is 34.3 Å². The van der Waals surface area contributed by atoms with E-state index in [-0.39, 0.29) is 29.1 Å². The van der Waals surface area contributed by atoms with Crippen LogP contribution in [0, 0.1) is 28.6 Å². The Balaban J connectivity index is 1.87. The molecule has 5 N–H and O–H groups in total. The number of nitrogens with zero attached hydrogens (tertiary/aromatic N) is 1. The first-order valence-electron chi connectivity index (χ1n) is 13.5. The maximum absolute atomic E-state index is 14.0. The van der Waals surface area contributed by atoms with Crippen molar-refractivity contribution in [1.82, 2.24) is 20.9 Å². The van der Waals surface area contributed by atoms with Crippen LogP contribution in [0.4, 0.5) is 4.79 Å². The average molecular weight is 520 g/mol. The van der Waals surface area contributed by atoms with Crippen molar-refractivity contribution >= 4 is 29.5 Å². The molecule has 1 heterocycles. The van der Waals surface area contributed by atoms with Gasteiger partial charge in [0.2, 0.25) is 17.6 Å². The first-order chi connectivity index (χ1) is 16.9. The van der Waals surface area contributed by atoms with Crippen molar-refractivity contribution in [1.29, 1.82) is 0 Å². The lowest BCUT2D eigenvalue weighted by molar-refractivity contribution is -0.146. The van der Waals surface area contributed by atoms with Crippen molar-refractivity contribution < 1.29 is 24.0 Å². The van der Waals surface area contributed by atoms with E-state index in [1.807, 2.05) is 41.5 Å². The Morgan fingerprint density at radius 3 is 2.08 bits per heavy atom. The lowest BCUT2D eigenvalue weighted by atomic mass is 9.78. The second-order valence-corrected chi connectivity index (χ2v) is 13.4. The van der Waals surface area contributed by atoms with Crippen LogP contribution in [0.25, 0.3) is 0 Å². The number of hydrogen-bond acceptors (Lipinski definition) is 5. The first-order valence-corrected chi connectivity index (χ1v) is 13.5. The summed E-state index contributed by atoms with van der Waals surface area (Å²) in [6.45, 7) is 15.9. The van der Waals surface area contributed by atoms with Crippen LogP contribution in [0.2, 0.25) is 0 Å². The maximum Gasteiger partial charge on any atom is 0.315 e. The highest BCUT2D eigenvalue weighted by molar-refractivity contribution is 6.38. The third-order valence-corrected chi connectivity index (χ3v) is 8.91. The lowest BCUT2D eigenvalue weighted by Gasteiger charge is -2.40. The van der Waals surface area contributed by atoms with Crippen LogP contribution in [0.3, 0.4) is 0 Å². The number of carbonyl (C=O) groups excluding carboxylic acids is 5. The molecule has 2 aliphatic carbocycles. The van der Waals surface area contributed by atoms with Gasteiger partial charge in [-0.2, -0.15) is 0 Å². The summed E-state index contributed by atoms with van der Waals surface area (Å²) in [5.74, 6) is -2.70. The van der Waals surface area contributed by atoms with Gasteiger partial charge in [-0.25, -0.2) is 4.79 Å². The van der Waals surface area contributed by atoms with E-state index in [9.17, 15) is 24.0 Å². The fraction of sp³-hybridized carbons (Fsp3) is 0.815. The summed E-state index contributed by atoms with van der Waals surface area (Å²) in [4.78, 5) is 66.3. The van der Waals surface area contributed by atoms with Crippen LogP contribution in [0.5, 0.6) is 0 Å². The molecular formula is C27H45N5O5. The number of piperidine rings is 1. The lowest BCUT2D eigenvalue weighted by Crippen LogP contribution is -2.63. The molecule has 1 aliphatic heterocycles. The van der Waals surface area contributed by atoms with Gasteiger partial charge in [0.15, 0.2) is 0 Å². The predicted octanol–water partition coefficient (Wildman–Crippen LogP) is 1.71. The topological polar surface area (TPSA) is 151 Å². The van der Waals surface area contributed by atoms with Gasteiger partial charge in [0.05, 0.1) is 0 Å². The Morgan fingerprint density at radius 1 is 1.03 bits per heavy atom. The van der Waals surface area contributed by atoms with Gasteiger partial charge < -0.3 is 26.6 Å². The van der Waals surface area contributed by atoms with E-state index in [0.29, 0.717) is 13.0 Å². The molecule has 10 nitrogen and oxygen atoms in total. The summed E-state index contributed by atoms with van der Waals surface area (Å²) in [6.07, 6.45) is 3.01. The second kappa shape index (κ2) is 9.91. The van der Waals surface area contributed by atoms with Crippen molar-refractivity contribution in [3.8, 4) is 0 Å². The number of rotatable bonds is 9. The molecule has 0 bridgehead atoms. The quantitative estimate of drug-likeness (QED) is 0.342. The largest absolute Gasteiger partial charge is 0.363 e. The zero-order valence-corrected chi connectivity index (χ0v) is 23.6. The van der Waals surface area contributed by atoms with Gasteiger partial charge in [-0.05, 0) is 68.6 Å². The van der Waals surface area contributed by atoms with Crippen LogP contribution in [-0.4, -0.2) is 64.6 Å². The highest BCUT2D eigenvalue weighted by atomic mass is 16.2. The zero-order chi connectivity index (χ0) is 28.1. The third-order valence-electron chi connectivity index (χ3n) is 8.91. The first kappa shape index (κ1) is 28.9. The van der Waals surface area contributed by atoms with Gasteiger partial charge in [-0.1, -0.05) is 41.0 Å². The van der Waals surface area contributed by atoms with Crippen LogP contribution in [0.1, 0.15) is 81.1 Å². The van der Waals surface area contributed by atoms with E-state index < -0.39 is 52.7 Å². The van der Waals surface area contributed by atoms with E-state index in [2.05, 4.69) is 29.8 Å². The van der Waals surface area contributed by atoms with Crippen LogP contribution in [0.15, 0.2) is 0 Å². The third kappa shape index (κ3) is 5.77.